The van der Waals surface area contributed by atoms with Crippen LogP contribution in [0.1, 0.15) is 22.6 Å². The molecule has 0 saturated carbocycles. The van der Waals surface area contributed by atoms with Crippen LogP contribution in [0.4, 0.5) is 11.4 Å². The summed E-state index contributed by atoms with van der Waals surface area (Å²) >= 11 is 0. The lowest BCUT2D eigenvalue weighted by Gasteiger charge is -2.29. The molecule has 0 amide bonds. The Bertz CT molecular complexity index is 1290. The summed E-state index contributed by atoms with van der Waals surface area (Å²) in [7, 11) is 0. The highest BCUT2D eigenvalue weighted by Crippen LogP contribution is 2.49. The first-order chi connectivity index (χ1) is 13.8. The van der Waals surface area contributed by atoms with Gasteiger partial charge in [0.05, 0.1) is 11.3 Å². The highest BCUT2D eigenvalue weighted by molar-refractivity contribution is 5.96. The molecule has 1 atom stereocenters. The van der Waals surface area contributed by atoms with Crippen LogP contribution in [0.25, 0.3) is 11.0 Å². The molecule has 4 aromatic rings. The average molecular weight is 369 g/mol. The number of benzene rings is 3. The molecule has 0 bridgehead atoms. The molecule has 3 aromatic carbocycles. The number of hydrogen-bond acceptors (Lipinski definition) is 5. The summed E-state index contributed by atoms with van der Waals surface area (Å²) in [4.78, 5) is 13.0. The Morgan fingerprint density at radius 3 is 2.50 bits per heavy atom. The average Bonchev–Trinajstić information content (AvgIpc) is 3.19. The van der Waals surface area contributed by atoms with Crippen LogP contribution < -0.4 is 20.4 Å². The lowest BCUT2D eigenvalue weighted by atomic mass is 9.81. The molecule has 0 fully saturated rings. The van der Waals surface area contributed by atoms with Crippen molar-refractivity contribution in [2.24, 2.45) is 0 Å². The van der Waals surface area contributed by atoms with E-state index in [0.717, 1.165) is 27.9 Å². The summed E-state index contributed by atoms with van der Waals surface area (Å²) < 4.78 is 16.8. The fraction of sp³-hybridized carbons (Fsp3) is 0.0870. The minimum Gasteiger partial charge on any atom is -0.454 e. The van der Waals surface area contributed by atoms with E-state index in [1.807, 2.05) is 66.7 Å². The second-order valence-corrected chi connectivity index (χ2v) is 6.94. The minimum absolute atomic E-state index is 0.201. The lowest BCUT2D eigenvalue weighted by molar-refractivity contribution is 0.174. The molecular weight excluding hydrogens is 354 g/mol. The molecule has 2 aliphatic rings. The topological polar surface area (TPSA) is 60.7 Å². The van der Waals surface area contributed by atoms with Gasteiger partial charge in [0.2, 0.25) is 6.79 Å². The largest absolute Gasteiger partial charge is 0.454 e. The van der Waals surface area contributed by atoms with Gasteiger partial charge in [-0.15, -0.1) is 0 Å². The van der Waals surface area contributed by atoms with Crippen molar-refractivity contribution in [3.05, 3.63) is 93.8 Å². The van der Waals surface area contributed by atoms with Crippen LogP contribution >= 0.6 is 0 Å². The lowest BCUT2D eigenvalue weighted by Crippen LogP contribution is -2.22. The maximum atomic E-state index is 13.0. The first-order valence-corrected chi connectivity index (χ1v) is 9.11. The molecule has 0 saturated heterocycles. The zero-order valence-corrected chi connectivity index (χ0v) is 14.8. The third-order valence-corrected chi connectivity index (χ3v) is 5.39. The SMILES string of the molecule is O=c1oc2ccccc2c2c1C(c1ccccc1)c1cc3c(cc1N2)OCO3. The highest BCUT2D eigenvalue weighted by atomic mass is 16.7. The molecular formula is C23H15NO4. The number of para-hydroxylation sites is 1. The molecule has 2 aliphatic heterocycles. The summed E-state index contributed by atoms with van der Waals surface area (Å²) in [5.41, 5.74) is 4.51. The molecule has 0 spiro atoms. The molecule has 136 valence electrons. The maximum absolute atomic E-state index is 13.0. The van der Waals surface area contributed by atoms with Gasteiger partial charge in [0, 0.05) is 23.1 Å². The number of rotatable bonds is 1. The van der Waals surface area contributed by atoms with E-state index in [4.69, 9.17) is 13.9 Å². The van der Waals surface area contributed by atoms with E-state index in [0.29, 0.717) is 22.6 Å². The van der Waals surface area contributed by atoms with Crippen LogP contribution in [0, 0.1) is 0 Å². The molecule has 3 heterocycles. The van der Waals surface area contributed by atoms with E-state index in [1.165, 1.54) is 0 Å². The van der Waals surface area contributed by atoms with Crippen LogP contribution in [0.5, 0.6) is 11.5 Å². The number of anilines is 2. The fourth-order valence-corrected chi connectivity index (χ4v) is 4.15. The number of nitrogens with one attached hydrogen (secondary N) is 1. The van der Waals surface area contributed by atoms with Crippen molar-refractivity contribution >= 4 is 22.3 Å². The van der Waals surface area contributed by atoms with E-state index in [1.54, 1.807) is 0 Å². The van der Waals surface area contributed by atoms with Gasteiger partial charge < -0.3 is 19.2 Å². The monoisotopic (exact) mass is 369 g/mol. The standard InChI is InChI=1S/C23H15NO4/c25-23-21-20(13-6-2-1-3-7-13)15-10-18-19(27-12-26-18)11-16(15)24-22(21)14-8-4-5-9-17(14)28-23/h1-11,20,24H,12H2. The summed E-state index contributed by atoms with van der Waals surface area (Å²) in [6.45, 7) is 0.201. The second kappa shape index (κ2) is 5.63. The Morgan fingerprint density at radius 1 is 0.893 bits per heavy atom. The van der Waals surface area contributed by atoms with Crippen LogP contribution in [-0.4, -0.2) is 6.79 Å². The molecule has 6 rings (SSSR count). The van der Waals surface area contributed by atoms with Gasteiger partial charge in [-0.1, -0.05) is 42.5 Å². The number of ether oxygens (including phenoxy) is 2. The maximum Gasteiger partial charge on any atom is 0.342 e. The molecule has 1 unspecified atom stereocenters. The van der Waals surface area contributed by atoms with E-state index in [-0.39, 0.29) is 18.3 Å². The zero-order chi connectivity index (χ0) is 18.7. The molecule has 28 heavy (non-hydrogen) atoms. The Balaban J connectivity index is 1.71. The first-order valence-electron chi connectivity index (χ1n) is 9.11. The Labute approximate surface area is 160 Å². The van der Waals surface area contributed by atoms with Crippen LogP contribution in [0.2, 0.25) is 0 Å². The predicted octanol–water partition coefficient (Wildman–Crippen LogP) is 4.76. The third-order valence-electron chi connectivity index (χ3n) is 5.39. The molecule has 1 aromatic heterocycles. The van der Waals surface area contributed by atoms with Crippen molar-refractivity contribution in [3.63, 3.8) is 0 Å². The molecule has 5 heteroatoms. The molecule has 5 nitrogen and oxygen atoms in total. The Hall–Kier alpha value is -3.73. The van der Waals surface area contributed by atoms with Crippen LogP contribution in [0.15, 0.2) is 75.9 Å². The minimum atomic E-state index is -0.335. The third kappa shape index (κ3) is 2.10. The fourth-order valence-electron chi connectivity index (χ4n) is 4.15. The van der Waals surface area contributed by atoms with Gasteiger partial charge >= 0.3 is 5.63 Å². The molecule has 1 N–H and O–H groups in total. The van der Waals surface area contributed by atoms with Gasteiger partial charge in [0.1, 0.15) is 5.58 Å². The van der Waals surface area contributed by atoms with Gasteiger partial charge in [-0.2, -0.15) is 0 Å². The van der Waals surface area contributed by atoms with E-state index < -0.39 is 0 Å². The van der Waals surface area contributed by atoms with Crippen LogP contribution in [-0.2, 0) is 0 Å². The number of fused-ring (bicyclic) bond motifs is 5. The summed E-state index contributed by atoms with van der Waals surface area (Å²) in [6.07, 6.45) is 0. The smallest absolute Gasteiger partial charge is 0.342 e. The van der Waals surface area contributed by atoms with Gasteiger partial charge in [-0.25, -0.2) is 4.79 Å². The number of hydrogen-bond donors (Lipinski definition) is 1. The van der Waals surface area contributed by atoms with Gasteiger partial charge in [0.25, 0.3) is 0 Å². The highest BCUT2D eigenvalue weighted by Gasteiger charge is 2.34. The van der Waals surface area contributed by atoms with Crippen molar-refractivity contribution < 1.29 is 13.9 Å². The van der Waals surface area contributed by atoms with E-state index in [9.17, 15) is 4.79 Å². The summed E-state index contributed by atoms with van der Waals surface area (Å²) in [6, 6.07) is 21.5. The van der Waals surface area contributed by atoms with E-state index in [2.05, 4.69) is 5.32 Å². The van der Waals surface area contributed by atoms with E-state index >= 15 is 0 Å². The second-order valence-electron chi connectivity index (χ2n) is 6.94. The zero-order valence-electron chi connectivity index (χ0n) is 14.8. The van der Waals surface area contributed by atoms with Gasteiger partial charge in [0.15, 0.2) is 11.5 Å². The Kier molecular flexibility index (Phi) is 3.09. The van der Waals surface area contributed by atoms with Crippen molar-refractivity contribution in [3.8, 4) is 11.5 Å². The van der Waals surface area contributed by atoms with Gasteiger partial charge in [-0.05, 0) is 29.3 Å². The molecule has 0 aliphatic carbocycles. The van der Waals surface area contributed by atoms with Crippen molar-refractivity contribution in [2.75, 3.05) is 12.1 Å². The molecule has 0 radical (unpaired) electrons. The van der Waals surface area contributed by atoms with Gasteiger partial charge in [-0.3, -0.25) is 0 Å². The van der Waals surface area contributed by atoms with Crippen molar-refractivity contribution in [2.45, 2.75) is 5.92 Å². The normalized spacial score (nSPS) is 16.4. The van der Waals surface area contributed by atoms with Crippen molar-refractivity contribution in [1.82, 2.24) is 0 Å². The summed E-state index contributed by atoms with van der Waals surface area (Å²) in [5, 5.41) is 4.33. The summed E-state index contributed by atoms with van der Waals surface area (Å²) in [5.74, 6) is 1.13. The van der Waals surface area contributed by atoms with Crippen LogP contribution in [0.3, 0.4) is 0 Å². The Morgan fingerprint density at radius 2 is 1.64 bits per heavy atom. The van der Waals surface area contributed by atoms with Crippen molar-refractivity contribution in [1.29, 1.82) is 0 Å². The first kappa shape index (κ1) is 15.3. The predicted molar refractivity (Wildman–Crippen MR) is 106 cm³/mol. The quantitative estimate of drug-likeness (QED) is 0.432.